The molecule has 1 rings (SSSR count). The first-order valence-corrected chi connectivity index (χ1v) is 8.64. The fourth-order valence-corrected chi connectivity index (χ4v) is 2.15. The first kappa shape index (κ1) is 20.6. The van der Waals surface area contributed by atoms with E-state index < -0.39 is 0 Å². The topological polar surface area (TPSA) is 36.4 Å². The summed E-state index contributed by atoms with van der Waals surface area (Å²) < 4.78 is 0. The summed E-state index contributed by atoms with van der Waals surface area (Å²) in [5, 5.41) is 6.64. The van der Waals surface area contributed by atoms with Crippen molar-refractivity contribution in [2.75, 3.05) is 31.6 Å². The van der Waals surface area contributed by atoms with Gasteiger partial charge in [-0.15, -0.1) is 24.0 Å². The normalized spacial score (nSPS) is 12.5. The van der Waals surface area contributed by atoms with Gasteiger partial charge >= 0.3 is 0 Å². The number of guanidine groups is 1. The Labute approximate surface area is 150 Å². The molecule has 0 saturated heterocycles. The number of aryl methyl sites for hydroxylation is 1. The van der Waals surface area contributed by atoms with E-state index in [4.69, 9.17) is 0 Å². The van der Waals surface area contributed by atoms with Crippen LogP contribution in [0.2, 0.25) is 0 Å². The fraction of sp³-hybridized carbons (Fsp3) is 0.562. The smallest absolute Gasteiger partial charge is 0.191 e. The van der Waals surface area contributed by atoms with Gasteiger partial charge in [0.05, 0.1) is 0 Å². The largest absolute Gasteiger partial charge is 0.357 e. The number of hydrogen-bond donors (Lipinski definition) is 2. The van der Waals surface area contributed by atoms with Gasteiger partial charge in [0.2, 0.25) is 0 Å². The Morgan fingerprint density at radius 2 is 1.90 bits per heavy atom. The number of nitrogens with zero attached hydrogens (tertiary/aromatic N) is 1. The van der Waals surface area contributed by atoms with E-state index in [1.54, 1.807) is 0 Å². The zero-order valence-corrected chi connectivity index (χ0v) is 16.6. The molecule has 0 radical (unpaired) electrons. The van der Waals surface area contributed by atoms with E-state index in [2.05, 4.69) is 66.9 Å². The highest BCUT2D eigenvalue weighted by atomic mass is 127. The van der Waals surface area contributed by atoms with E-state index in [1.807, 2.05) is 11.8 Å². The summed E-state index contributed by atoms with van der Waals surface area (Å²) in [4.78, 5) is 4.67. The molecule has 2 N–H and O–H groups in total. The monoisotopic (exact) mass is 421 g/mol. The Bertz CT molecular complexity index is 406. The second-order valence-corrected chi connectivity index (χ2v) is 5.94. The Hall–Kier alpha value is -0.430. The van der Waals surface area contributed by atoms with Crippen molar-refractivity contribution >= 4 is 41.7 Å². The van der Waals surface area contributed by atoms with E-state index in [9.17, 15) is 0 Å². The quantitative estimate of drug-likeness (QED) is 0.306. The summed E-state index contributed by atoms with van der Waals surface area (Å²) >= 11 is 1.84. The number of hydrogen-bond acceptors (Lipinski definition) is 2. The Kier molecular flexibility index (Phi) is 11.9. The van der Waals surface area contributed by atoms with E-state index in [1.165, 1.54) is 11.1 Å². The van der Waals surface area contributed by atoms with Crippen LogP contribution < -0.4 is 10.6 Å². The number of benzene rings is 1. The SMILES string of the molecule is CCNC(=NCC(C)c1ccc(C)cc1)NCCSC.I. The van der Waals surface area contributed by atoms with Crippen molar-refractivity contribution in [2.45, 2.75) is 26.7 Å². The molecule has 0 aliphatic carbocycles. The number of nitrogens with one attached hydrogen (secondary N) is 2. The van der Waals surface area contributed by atoms with Gasteiger partial charge in [0.25, 0.3) is 0 Å². The minimum absolute atomic E-state index is 0. The Morgan fingerprint density at radius 1 is 1.24 bits per heavy atom. The van der Waals surface area contributed by atoms with Crippen LogP contribution in [0.25, 0.3) is 0 Å². The summed E-state index contributed by atoms with van der Waals surface area (Å²) in [5.74, 6) is 2.45. The third-order valence-corrected chi connectivity index (χ3v) is 3.72. The Balaban J connectivity index is 0.00000400. The highest BCUT2D eigenvalue weighted by molar-refractivity contribution is 14.0. The van der Waals surface area contributed by atoms with Crippen molar-refractivity contribution in [2.24, 2.45) is 4.99 Å². The number of aliphatic imine (C=N–C) groups is 1. The molecule has 0 amide bonds. The highest BCUT2D eigenvalue weighted by Gasteiger charge is 2.05. The van der Waals surface area contributed by atoms with Crippen LogP contribution in [0.3, 0.4) is 0 Å². The molecule has 1 unspecified atom stereocenters. The van der Waals surface area contributed by atoms with Crippen LogP contribution in [0.15, 0.2) is 29.3 Å². The lowest BCUT2D eigenvalue weighted by Crippen LogP contribution is -2.38. The molecule has 0 aliphatic heterocycles. The second-order valence-electron chi connectivity index (χ2n) is 4.95. The first-order chi connectivity index (χ1) is 9.67. The van der Waals surface area contributed by atoms with Crippen LogP contribution in [0.5, 0.6) is 0 Å². The minimum atomic E-state index is 0. The van der Waals surface area contributed by atoms with Crippen LogP contribution in [-0.2, 0) is 0 Å². The van der Waals surface area contributed by atoms with Gasteiger partial charge in [0, 0.05) is 31.3 Å². The fourth-order valence-electron chi connectivity index (χ4n) is 1.84. The maximum absolute atomic E-state index is 4.67. The van der Waals surface area contributed by atoms with Crippen molar-refractivity contribution in [1.29, 1.82) is 0 Å². The molecule has 0 aliphatic rings. The van der Waals surface area contributed by atoms with Crippen molar-refractivity contribution < 1.29 is 0 Å². The molecule has 0 spiro atoms. The predicted molar refractivity (Wildman–Crippen MR) is 107 cm³/mol. The number of rotatable bonds is 7. The highest BCUT2D eigenvalue weighted by Crippen LogP contribution is 2.15. The van der Waals surface area contributed by atoms with E-state index in [0.29, 0.717) is 5.92 Å². The molecule has 1 aromatic carbocycles. The molecular weight excluding hydrogens is 393 g/mol. The maximum atomic E-state index is 4.67. The molecule has 0 saturated carbocycles. The summed E-state index contributed by atoms with van der Waals surface area (Å²) in [5.41, 5.74) is 2.65. The van der Waals surface area contributed by atoms with Gasteiger partial charge in [-0.3, -0.25) is 4.99 Å². The zero-order valence-electron chi connectivity index (χ0n) is 13.5. The molecule has 120 valence electrons. The zero-order chi connectivity index (χ0) is 14.8. The van der Waals surface area contributed by atoms with Gasteiger partial charge in [-0.2, -0.15) is 11.8 Å². The molecule has 1 atom stereocenters. The number of halogens is 1. The molecule has 0 aromatic heterocycles. The first-order valence-electron chi connectivity index (χ1n) is 7.25. The van der Waals surface area contributed by atoms with Crippen molar-refractivity contribution in [3.8, 4) is 0 Å². The number of thioether (sulfide) groups is 1. The van der Waals surface area contributed by atoms with Crippen molar-refractivity contribution in [1.82, 2.24) is 10.6 Å². The standard InChI is InChI=1S/C16H27N3S.HI/c1-5-17-16(18-10-11-20-4)19-12-14(3)15-8-6-13(2)7-9-15;/h6-9,14H,5,10-12H2,1-4H3,(H2,17,18,19);1H. The summed E-state index contributed by atoms with van der Waals surface area (Å²) in [6.45, 7) is 9.08. The van der Waals surface area contributed by atoms with Gasteiger partial charge < -0.3 is 10.6 Å². The van der Waals surface area contributed by atoms with Crippen LogP contribution in [0, 0.1) is 6.92 Å². The van der Waals surface area contributed by atoms with Gasteiger partial charge in [0.15, 0.2) is 5.96 Å². The lowest BCUT2D eigenvalue weighted by Gasteiger charge is -2.13. The van der Waals surface area contributed by atoms with E-state index in [-0.39, 0.29) is 24.0 Å². The molecule has 0 heterocycles. The van der Waals surface area contributed by atoms with Crippen LogP contribution in [-0.4, -0.2) is 37.6 Å². The van der Waals surface area contributed by atoms with Crippen molar-refractivity contribution in [3.05, 3.63) is 35.4 Å². The van der Waals surface area contributed by atoms with Crippen LogP contribution in [0.1, 0.15) is 30.9 Å². The summed E-state index contributed by atoms with van der Waals surface area (Å²) in [6.07, 6.45) is 2.12. The lowest BCUT2D eigenvalue weighted by molar-refractivity contribution is 0.754. The van der Waals surface area contributed by atoms with E-state index >= 15 is 0 Å². The second kappa shape index (κ2) is 12.1. The molecule has 1 aromatic rings. The van der Waals surface area contributed by atoms with Crippen LogP contribution in [0.4, 0.5) is 0 Å². The lowest BCUT2D eigenvalue weighted by atomic mass is 10.0. The van der Waals surface area contributed by atoms with Crippen LogP contribution >= 0.6 is 35.7 Å². The predicted octanol–water partition coefficient (Wildman–Crippen LogP) is 3.63. The van der Waals surface area contributed by atoms with Crippen molar-refractivity contribution in [3.63, 3.8) is 0 Å². The minimum Gasteiger partial charge on any atom is -0.357 e. The van der Waals surface area contributed by atoms with Gasteiger partial charge in [-0.05, 0) is 25.7 Å². The van der Waals surface area contributed by atoms with Gasteiger partial charge in [0.1, 0.15) is 0 Å². The van der Waals surface area contributed by atoms with Gasteiger partial charge in [-0.25, -0.2) is 0 Å². The molecule has 5 heteroatoms. The van der Waals surface area contributed by atoms with E-state index in [0.717, 1.165) is 31.3 Å². The molecule has 21 heavy (non-hydrogen) atoms. The average Bonchev–Trinajstić information content (AvgIpc) is 2.45. The maximum Gasteiger partial charge on any atom is 0.191 e. The molecule has 0 fully saturated rings. The van der Waals surface area contributed by atoms with Gasteiger partial charge in [-0.1, -0.05) is 36.8 Å². The third kappa shape index (κ3) is 8.56. The molecule has 3 nitrogen and oxygen atoms in total. The summed E-state index contributed by atoms with van der Waals surface area (Å²) in [7, 11) is 0. The summed E-state index contributed by atoms with van der Waals surface area (Å²) in [6, 6.07) is 8.72. The Morgan fingerprint density at radius 3 is 2.48 bits per heavy atom. The molecular formula is C16H28IN3S. The molecule has 0 bridgehead atoms. The average molecular weight is 421 g/mol. The third-order valence-electron chi connectivity index (χ3n) is 3.11.